The smallest absolute Gasteiger partial charge is 0.258 e. The number of carbonyl (C=O) groups excluding carboxylic acids is 1. The molecule has 0 saturated carbocycles. The number of fused-ring (bicyclic) bond motifs is 1. The van der Waals surface area contributed by atoms with Gasteiger partial charge in [-0.3, -0.25) is 4.79 Å². The lowest BCUT2D eigenvalue weighted by Crippen LogP contribution is -2.32. The van der Waals surface area contributed by atoms with Gasteiger partial charge in [0, 0.05) is 0 Å². The molecule has 84 valence electrons. The first-order valence-corrected chi connectivity index (χ1v) is 4.86. The van der Waals surface area contributed by atoms with Gasteiger partial charge in [-0.2, -0.15) is 0 Å². The molecule has 0 aliphatic carbocycles. The summed E-state index contributed by atoms with van der Waals surface area (Å²) in [5, 5.41) is 7.21. The molecule has 0 bridgehead atoms. The maximum Gasteiger partial charge on any atom is 0.258 e. The summed E-state index contributed by atoms with van der Waals surface area (Å²) in [5.41, 5.74) is 7.22. The number of hydrogen-bond acceptors (Lipinski definition) is 5. The summed E-state index contributed by atoms with van der Waals surface area (Å²) < 4.78 is 4.96. The highest BCUT2D eigenvalue weighted by atomic mass is 16.5. The van der Waals surface area contributed by atoms with Gasteiger partial charge in [0.15, 0.2) is 0 Å². The lowest BCUT2D eigenvalue weighted by Gasteiger charge is -2.06. The number of nitrogens with two attached hydrogens (primary N) is 1. The number of rotatable bonds is 2. The molecule has 0 radical (unpaired) electrons. The Balaban J connectivity index is 2.32. The topological polar surface area (TPSA) is 94.0 Å². The minimum absolute atomic E-state index is 0.254. The average molecular weight is 220 g/mol. The van der Waals surface area contributed by atoms with Gasteiger partial charge in [-0.15, -0.1) is 0 Å². The molecule has 2 heterocycles. The van der Waals surface area contributed by atoms with Crippen LogP contribution in [0.1, 0.15) is 12.6 Å². The van der Waals surface area contributed by atoms with Gasteiger partial charge in [-0.25, -0.2) is 4.98 Å². The molecule has 1 amide bonds. The van der Waals surface area contributed by atoms with E-state index in [1.807, 2.05) is 6.92 Å². The van der Waals surface area contributed by atoms with Gasteiger partial charge >= 0.3 is 0 Å². The molecule has 3 N–H and O–H groups in total. The molecule has 0 spiro atoms. The molecular formula is C10H12N4O2. The Bertz CT molecular complexity index is 533. The fraction of sp³-hybridized carbons (Fsp3) is 0.300. The van der Waals surface area contributed by atoms with Gasteiger partial charge in [0.25, 0.3) is 5.71 Å². The lowest BCUT2D eigenvalue weighted by molar-refractivity contribution is -0.117. The van der Waals surface area contributed by atoms with Crippen molar-refractivity contribution in [2.45, 2.75) is 19.9 Å². The largest absolute Gasteiger partial charge is 0.336 e. The minimum atomic E-state index is -0.556. The summed E-state index contributed by atoms with van der Waals surface area (Å²) in [5.74, 6) is -0.254. The van der Waals surface area contributed by atoms with E-state index in [1.165, 1.54) is 6.20 Å². The average Bonchev–Trinajstić information content (AvgIpc) is 2.60. The number of nitrogens with zero attached hydrogens (tertiary/aromatic N) is 2. The van der Waals surface area contributed by atoms with Crippen molar-refractivity contribution < 1.29 is 9.32 Å². The number of carbonyl (C=O) groups is 1. The number of amides is 1. The predicted molar refractivity (Wildman–Crippen MR) is 58.8 cm³/mol. The summed E-state index contributed by atoms with van der Waals surface area (Å²) in [6.07, 6.45) is 1.51. The van der Waals surface area contributed by atoms with Crippen molar-refractivity contribution in [3.05, 3.63) is 18.0 Å². The van der Waals surface area contributed by atoms with E-state index >= 15 is 0 Å². The molecule has 0 saturated heterocycles. The molecule has 0 aliphatic rings. The van der Waals surface area contributed by atoms with Crippen LogP contribution in [0.2, 0.25) is 0 Å². The van der Waals surface area contributed by atoms with E-state index in [9.17, 15) is 4.79 Å². The third kappa shape index (κ3) is 1.87. The Morgan fingerprint density at radius 2 is 2.38 bits per heavy atom. The van der Waals surface area contributed by atoms with Crippen LogP contribution in [0.4, 0.5) is 5.69 Å². The van der Waals surface area contributed by atoms with Crippen molar-refractivity contribution in [2.75, 3.05) is 5.32 Å². The zero-order valence-corrected chi connectivity index (χ0v) is 9.02. The van der Waals surface area contributed by atoms with Crippen molar-refractivity contribution >= 4 is 22.7 Å². The van der Waals surface area contributed by atoms with Crippen LogP contribution in [0.5, 0.6) is 0 Å². The van der Waals surface area contributed by atoms with Crippen molar-refractivity contribution in [3.63, 3.8) is 0 Å². The minimum Gasteiger partial charge on any atom is -0.336 e. The summed E-state index contributed by atoms with van der Waals surface area (Å²) in [6.45, 7) is 3.43. The highest BCUT2D eigenvalue weighted by molar-refractivity contribution is 5.95. The van der Waals surface area contributed by atoms with Crippen LogP contribution in [0, 0.1) is 6.92 Å². The maximum atomic E-state index is 11.4. The van der Waals surface area contributed by atoms with Crippen LogP contribution in [0.25, 0.3) is 11.1 Å². The second kappa shape index (κ2) is 3.90. The SMILES string of the molecule is Cc1noc2ncc(NC(=O)[C@@H](C)N)cc12. The van der Waals surface area contributed by atoms with Crippen LogP contribution in [0.15, 0.2) is 16.8 Å². The first-order valence-electron chi connectivity index (χ1n) is 4.86. The molecule has 6 heteroatoms. The van der Waals surface area contributed by atoms with Gasteiger partial charge < -0.3 is 15.6 Å². The second-order valence-electron chi connectivity index (χ2n) is 3.62. The molecule has 2 aromatic heterocycles. The van der Waals surface area contributed by atoms with Crippen LogP contribution >= 0.6 is 0 Å². The van der Waals surface area contributed by atoms with E-state index in [-0.39, 0.29) is 5.91 Å². The Labute approximate surface area is 91.8 Å². The Kier molecular flexibility index (Phi) is 2.57. The number of pyridine rings is 1. The zero-order valence-electron chi connectivity index (χ0n) is 9.02. The second-order valence-corrected chi connectivity index (χ2v) is 3.62. The van der Waals surface area contributed by atoms with E-state index in [0.717, 1.165) is 11.1 Å². The summed E-state index contributed by atoms with van der Waals surface area (Å²) in [7, 11) is 0. The fourth-order valence-corrected chi connectivity index (χ4v) is 1.27. The molecule has 1 atom stereocenters. The van der Waals surface area contributed by atoms with E-state index in [1.54, 1.807) is 13.0 Å². The van der Waals surface area contributed by atoms with Crippen molar-refractivity contribution in [2.24, 2.45) is 5.73 Å². The third-order valence-electron chi connectivity index (χ3n) is 2.19. The van der Waals surface area contributed by atoms with Gasteiger partial charge in [0.2, 0.25) is 5.91 Å². The van der Waals surface area contributed by atoms with Crippen molar-refractivity contribution in [1.29, 1.82) is 0 Å². The molecule has 0 aliphatic heterocycles. The standard InChI is InChI=1S/C10H12N4O2/c1-5(11)9(15)13-7-3-8-6(2)14-16-10(8)12-4-7/h3-5H,11H2,1-2H3,(H,13,15)/t5-/m1/s1. The van der Waals surface area contributed by atoms with Gasteiger partial charge in [-0.05, 0) is 19.9 Å². The molecular weight excluding hydrogens is 208 g/mol. The molecule has 16 heavy (non-hydrogen) atoms. The zero-order chi connectivity index (χ0) is 11.7. The quantitative estimate of drug-likeness (QED) is 0.781. The number of aryl methyl sites for hydroxylation is 1. The number of nitrogens with one attached hydrogen (secondary N) is 1. The lowest BCUT2D eigenvalue weighted by atomic mass is 10.2. The summed E-state index contributed by atoms with van der Waals surface area (Å²) >= 11 is 0. The van der Waals surface area contributed by atoms with E-state index < -0.39 is 6.04 Å². The first-order chi connectivity index (χ1) is 7.58. The first kappa shape index (κ1) is 10.6. The summed E-state index contributed by atoms with van der Waals surface area (Å²) in [4.78, 5) is 15.4. The maximum absolute atomic E-state index is 11.4. The molecule has 2 rings (SSSR count). The predicted octanol–water partition coefficient (Wildman–Crippen LogP) is 0.817. The highest BCUT2D eigenvalue weighted by Gasteiger charge is 2.10. The number of anilines is 1. The monoisotopic (exact) mass is 220 g/mol. The fourth-order valence-electron chi connectivity index (χ4n) is 1.27. The van der Waals surface area contributed by atoms with Crippen molar-refractivity contribution in [3.8, 4) is 0 Å². The normalized spacial score (nSPS) is 12.7. The number of aromatic nitrogens is 2. The Morgan fingerprint density at radius 3 is 3.06 bits per heavy atom. The van der Waals surface area contributed by atoms with E-state index in [4.69, 9.17) is 10.3 Å². The number of hydrogen-bond donors (Lipinski definition) is 2. The Morgan fingerprint density at radius 1 is 1.62 bits per heavy atom. The summed E-state index contributed by atoms with van der Waals surface area (Å²) in [6, 6.07) is 1.20. The molecule has 0 unspecified atom stereocenters. The van der Waals surface area contributed by atoms with Crippen molar-refractivity contribution in [1.82, 2.24) is 10.1 Å². The van der Waals surface area contributed by atoms with E-state index in [0.29, 0.717) is 11.4 Å². The molecule has 0 fully saturated rings. The van der Waals surface area contributed by atoms with Gasteiger partial charge in [0.1, 0.15) is 0 Å². The van der Waals surface area contributed by atoms with Gasteiger partial charge in [0.05, 0.1) is 29.0 Å². The molecule has 2 aromatic rings. The molecule has 6 nitrogen and oxygen atoms in total. The molecule has 0 aromatic carbocycles. The Hall–Kier alpha value is -1.95. The van der Waals surface area contributed by atoms with Crippen LogP contribution in [-0.4, -0.2) is 22.1 Å². The van der Waals surface area contributed by atoms with Gasteiger partial charge in [-0.1, -0.05) is 5.16 Å². The van der Waals surface area contributed by atoms with Crippen LogP contribution < -0.4 is 11.1 Å². The van der Waals surface area contributed by atoms with Crippen LogP contribution in [-0.2, 0) is 4.79 Å². The van der Waals surface area contributed by atoms with E-state index in [2.05, 4.69) is 15.5 Å². The third-order valence-corrected chi connectivity index (χ3v) is 2.19. The highest BCUT2D eigenvalue weighted by Crippen LogP contribution is 2.19. The van der Waals surface area contributed by atoms with Crippen LogP contribution in [0.3, 0.4) is 0 Å².